The van der Waals surface area contributed by atoms with Gasteiger partial charge in [-0.25, -0.2) is 4.98 Å². The summed E-state index contributed by atoms with van der Waals surface area (Å²) in [5.74, 6) is 0.147. The second-order valence-corrected chi connectivity index (χ2v) is 7.00. The molecule has 0 radical (unpaired) electrons. The molecule has 0 aliphatic heterocycles. The van der Waals surface area contributed by atoms with Gasteiger partial charge in [-0.2, -0.15) is 0 Å². The number of pyridine rings is 1. The lowest BCUT2D eigenvalue weighted by atomic mass is 10.2. The van der Waals surface area contributed by atoms with Crippen LogP contribution in [0.1, 0.15) is 5.69 Å². The van der Waals surface area contributed by atoms with Crippen molar-refractivity contribution in [2.75, 3.05) is 11.1 Å². The number of nitrogens with one attached hydrogen (secondary N) is 1. The quantitative estimate of drug-likeness (QED) is 0.568. The van der Waals surface area contributed by atoms with Crippen LogP contribution in [0.4, 0.5) is 5.13 Å². The van der Waals surface area contributed by atoms with Crippen molar-refractivity contribution in [2.45, 2.75) is 12.1 Å². The summed E-state index contributed by atoms with van der Waals surface area (Å²) < 4.78 is 1.97. The molecule has 1 aromatic carbocycles. The van der Waals surface area contributed by atoms with Gasteiger partial charge in [0.05, 0.1) is 17.0 Å². The van der Waals surface area contributed by atoms with Gasteiger partial charge >= 0.3 is 0 Å². The molecule has 3 aromatic heterocycles. The van der Waals surface area contributed by atoms with Gasteiger partial charge in [-0.3, -0.25) is 9.20 Å². The highest BCUT2D eigenvalue weighted by Gasteiger charge is 2.12. The van der Waals surface area contributed by atoms with Crippen LogP contribution in [-0.4, -0.2) is 31.2 Å². The zero-order chi connectivity index (χ0) is 16.5. The van der Waals surface area contributed by atoms with E-state index in [-0.39, 0.29) is 11.7 Å². The minimum Gasteiger partial charge on any atom is -0.301 e. The molecule has 1 N–H and O–H groups in total. The second kappa shape index (κ2) is 6.21. The van der Waals surface area contributed by atoms with E-state index >= 15 is 0 Å². The lowest BCUT2D eigenvalue weighted by molar-refractivity contribution is -0.113. The molecule has 0 spiro atoms. The van der Waals surface area contributed by atoms with Crippen LogP contribution in [0.25, 0.3) is 16.6 Å². The van der Waals surface area contributed by atoms with E-state index in [1.807, 2.05) is 53.1 Å². The molecule has 4 rings (SSSR count). The molecule has 120 valence electrons. The number of fused-ring (bicyclic) bond motifs is 3. The first-order chi connectivity index (χ1) is 11.7. The SMILES string of the molecule is Cc1csc(NC(=O)CSc2nnc3ccc4ccccc4n23)n1. The number of carbonyl (C=O) groups excluding carboxylic acids is 1. The lowest BCUT2D eigenvalue weighted by Crippen LogP contribution is -2.14. The Morgan fingerprint density at radius 2 is 2.12 bits per heavy atom. The van der Waals surface area contributed by atoms with Crippen LogP contribution >= 0.6 is 23.1 Å². The maximum atomic E-state index is 12.1. The van der Waals surface area contributed by atoms with Gasteiger partial charge in [-0.15, -0.1) is 21.5 Å². The van der Waals surface area contributed by atoms with Crippen molar-refractivity contribution >= 4 is 50.7 Å². The zero-order valence-corrected chi connectivity index (χ0v) is 14.4. The van der Waals surface area contributed by atoms with Crippen molar-refractivity contribution in [1.29, 1.82) is 0 Å². The van der Waals surface area contributed by atoms with Crippen LogP contribution in [0.15, 0.2) is 46.9 Å². The monoisotopic (exact) mass is 355 g/mol. The number of thiazole rings is 1. The van der Waals surface area contributed by atoms with E-state index in [2.05, 4.69) is 20.5 Å². The van der Waals surface area contributed by atoms with Crippen LogP contribution in [0.2, 0.25) is 0 Å². The first kappa shape index (κ1) is 15.1. The van der Waals surface area contributed by atoms with Crippen LogP contribution in [0.5, 0.6) is 0 Å². The topological polar surface area (TPSA) is 72.2 Å². The third kappa shape index (κ3) is 2.85. The summed E-state index contributed by atoms with van der Waals surface area (Å²) in [4.78, 5) is 16.3. The van der Waals surface area contributed by atoms with Crippen molar-refractivity contribution in [3.63, 3.8) is 0 Å². The standard InChI is InChI=1S/C16H13N5OS2/c1-10-8-23-15(17-10)18-14(22)9-24-16-20-19-13-7-6-11-4-2-3-5-12(11)21(13)16/h2-8H,9H2,1H3,(H,17,18,22). The smallest absolute Gasteiger partial charge is 0.236 e. The van der Waals surface area contributed by atoms with E-state index in [0.717, 1.165) is 22.2 Å². The maximum absolute atomic E-state index is 12.1. The van der Waals surface area contributed by atoms with Crippen molar-refractivity contribution < 1.29 is 4.79 Å². The van der Waals surface area contributed by atoms with E-state index in [9.17, 15) is 4.79 Å². The van der Waals surface area contributed by atoms with Gasteiger partial charge < -0.3 is 5.32 Å². The third-order valence-electron chi connectivity index (χ3n) is 3.45. The highest BCUT2D eigenvalue weighted by Crippen LogP contribution is 2.23. The molecule has 6 nitrogen and oxygen atoms in total. The van der Waals surface area contributed by atoms with E-state index in [0.29, 0.717) is 10.3 Å². The molecule has 24 heavy (non-hydrogen) atoms. The molecule has 0 unspecified atom stereocenters. The van der Waals surface area contributed by atoms with Gasteiger partial charge in [0.2, 0.25) is 5.91 Å². The van der Waals surface area contributed by atoms with E-state index < -0.39 is 0 Å². The molecule has 0 atom stereocenters. The molecule has 3 heterocycles. The van der Waals surface area contributed by atoms with E-state index in [1.165, 1.54) is 23.1 Å². The number of aromatic nitrogens is 4. The van der Waals surface area contributed by atoms with E-state index in [4.69, 9.17) is 0 Å². The molecule has 0 aliphatic carbocycles. The molecule has 0 fully saturated rings. The molecular weight excluding hydrogens is 342 g/mol. The van der Waals surface area contributed by atoms with Crippen molar-refractivity contribution in [3.8, 4) is 0 Å². The molecule has 4 aromatic rings. The molecular formula is C16H13N5OS2. The molecule has 8 heteroatoms. The Kier molecular flexibility index (Phi) is 3.91. The summed E-state index contributed by atoms with van der Waals surface area (Å²) >= 11 is 2.78. The molecule has 0 bridgehead atoms. The number of hydrogen-bond donors (Lipinski definition) is 1. The highest BCUT2D eigenvalue weighted by atomic mass is 32.2. The minimum atomic E-state index is -0.105. The fourth-order valence-corrected chi connectivity index (χ4v) is 3.86. The van der Waals surface area contributed by atoms with Gasteiger partial charge in [0, 0.05) is 5.38 Å². The average molecular weight is 355 g/mol. The summed E-state index contributed by atoms with van der Waals surface area (Å²) in [6, 6.07) is 12.0. The maximum Gasteiger partial charge on any atom is 0.236 e. The summed E-state index contributed by atoms with van der Waals surface area (Å²) in [6.45, 7) is 1.90. The average Bonchev–Trinajstić information content (AvgIpc) is 3.19. The summed E-state index contributed by atoms with van der Waals surface area (Å²) in [5, 5.41) is 15.5. The highest BCUT2D eigenvalue weighted by molar-refractivity contribution is 7.99. The van der Waals surface area contributed by atoms with Gasteiger partial charge in [-0.05, 0) is 30.5 Å². The molecule has 1 amide bonds. The number of benzene rings is 1. The van der Waals surface area contributed by atoms with Crippen LogP contribution in [0, 0.1) is 6.92 Å². The Hall–Kier alpha value is -2.45. The molecule has 0 aliphatic rings. The van der Waals surface area contributed by atoms with Gasteiger partial charge in [-0.1, -0.05) is 30.0 Å². The fourth-order valence-electron chi connectivity index (χ4n) is 2.40. The normalized spacial score (nSPS) is 11.2. The van der Waals surface area contributed by atoms with E-state index in [1.54, 1.807) is 0 Å². The van der Waals surface area contributed by atoms with Crippen molar-refractivity contribution in [3.05, 3.63) is 47.5 Å². The Bertz CT molecular complexity index is 1040. The predicted molar refractivity (Wildman–Crippen MR) is 96.7 cm³/mol. The number of thioether (sulfide) groups is 1. The summed E-state index contributed by atoms with van der Waals surface area (Å²) in [7, 11) is 0. The number of nitrogens with zero attached hydrogens (tertiary/aromatic N) is 4. The van der Waals surface area contributed by atoms with Gasteiger partial charge in [0.1, 0.15) is 0 Å². The van der Waals surface area contributed by atoms with Crippen LogP contribution in [0.3, 0.4) is 0 Å². The second-order valence-electron chi connectivity index (χ2n) is 5.20. The Balaban J connectivity index is 1.56. The number of anilines is 1. The zero-order valence-electron chi connectivity index (χ0n) is 12.8. The number of para-hydroxylation sites is 1. The van der Waals surface area contributed by atoms with Crippen LogP contribution in [-0.2, 0) is 4.79 Å². The summed E-state index contributed by atoms with van der Waals surface area (Å²) in [5.41, 5.74) is 2.70. The van der Waals surface area contributed by atoms with Crippen LogP contribution < -0.4 is 5.32 Å². The largest absolute Gasteiger partial charge is 0.301 e. The number of aryl methyl sites for hydroxylation is 1. The van der Waals surface area contributed by atoms with Gasteiger partial charge in [0.15, 0.2) is 15.9 Å². The first-order valence-electron chi connectivity index (χ1n) is 7.28. The van der Waals surface area contributed by atoms with Gasteiger partial charge in [0.25, 0.3) is 0 Å². The number of hydrogen-bond acceptors (Lipinski definition) is 6. The third-order valence-corrected chi connectivity index (χ3v) is 5.25. The Morgan fingerprint density at radius 3 is 2.96 bits per heavy atom. The molecule has 0 saturated carbocycles. The Morgan fingerprint density at radius 1 is 1.25 bits per heavy atom. The Labute approximate surface area is 145 Å². The lowest BCUT2D eigenvalue weighted by Gasteiger charge is -2.04. The van der Waals surface area contributed by atoms with Crippen molar-refractivity contribution in [2.24, 2.45) is 0 Å². The first-order valence-corrected chi connectivity index (χ1v) is 9.15. The summed E-state index contributed by atoms with van der Waals surface area (Å²) in [6.07, 6.45) is 0. The number of amides is 1. The number of carbonyl (C=O) groups is 1. The number of rotatable bonds is 4. The predicted octanol–water partition coefficient (Wildman–Crippen LogP) is 3.38. The molecule has 0 saturated heterocycles. The fraction of sp³-hybridized carbons (Fsp3) is 0.125. The van der Waals surface area contributed by atoms with Crippen molar-refractivity contribution in [1.82, 2.24) is 19.6 Å². The minimum absolute atomic E-state index is 0.105.